The molecule has 0 atom stereocenters. The largest absolute Gasteiger partial charge is 0.507 e. The van der Waals surface area contributed by atoms with Crippen LogP contribution in [0.2, 0.25) is 0 Å². The van der Waals surface area contributed by atoms with Gasteiger partial charge in [0.2, 0.25) is 0 Å². The zero-order valence-corrected chi connectivity index (χ0v) is 10.7. The molecule has 0 aliphatic carbocycles. The fourth-order valence-electron chi connectivity index (χ4n) is 1.70. The molecule has 0 fully saturated rings. The molecule has 21 heavy (non-hydrogen) atoms. The van der Waals surface area contributed by atoms with Crippen LogP contribution in [0.15, 0.2) is 47.6 Å². The number of phenols is 1. The molecule has 5 N–H and O–H groups in total. The van der Waals surface area contributed by atoms with Gasteiger partial charge in [0.05, 0.1) is 5.56 Å². The van der Waals surface area contributed by atoms with E-state index < -0.39 is 11.7 Å². The van der Waals surface area contributed by atoms with Gasteiger partial charge in [0.25, 0.3) is 5.91 Å². The summed E-state index contributed by atoms with van der Waals surface area (Å²) in [6.07, 6.45) is 0. The number of benzene rings is 2. The number of hydrogen-bond donors (Lipinski definition) is 4. The molecule has 0 bridgehead atoms. The molecule has 0 heterocycles. The van der Waals surface area contributed by atoms with Gasteiger partial charge in [0.1, 0.15) is 11.6 Å². The molecular formula is C14H12FN3O3. The van der Waals surface area contributed by atoms with Gasteiger partial charge in [0, 0.05) is 11.3 Å². The summed E-state index contributed by atoms with van der Waals surface area (Å²) in [7, 11) is 0. The molecule has 0 aliphatic heterocycles. The molecule has 6 nitrogen and oxygen atoms in total. The molecule has 0 unspecified atom stereocenters. The number of anilines is 1. The van der Waals surface area contributed by atoms with Crippen LogP contribution in [0.25, 0.3) is 0 Å². The Morgan fingerprint density at radius 2 is 2.00 bits per heavy atom. The van der Waals surface area contributed by atoms with E-state index in [9.17, 15) is 14.3 Å². The molecule has 0 saturated heterocycles. The molecule has 0 aromatic heterocycles. The van der Waals surface area contributed by atoms with Crippen molar-refractivity contribution in [2.45, 2.75) is 0 Å². The monoisotopic (exact) mass is 289 g/mol. The average Bonchev–Trinajstić information content (AvgIpc) is 2.49. The lowest BCUT2D eigenvalue weighted by Gasteiger charge is -2.08. The second kappa shape index (κ2) is 5.91. The Bertz CT molecular complexity index is 716. The lowest BCUT2D eigenvalue weighted by molar-refractivity contribution is 0.102. The van der Waals surface area contributed by atoms with Gasteiger partial charge in [-0.1, -0.05) is 17.3 Å². The summed E-state index contributed by atoms with van der Waals surface area (Å²) in [5.41, 5.74) is 6.01. The van der Waals surface area contributed by atoms with Crippen molar-refractivity contribution in [3.63, 3.8) is 0 Å². The number of phenolic OH excluding ortho intramolecular Hbond substituents is 1. The van der Waals surface area contributed by atoms with Gasteiger partial charge in [-0.25, -0.2) is 4.39 Å². The fourth-order valence-corrected chi connectivity index (χ4v) is 1.70. The summed E-state index contributed by atoms with van der Waals surface area (Å²) in [5.74, 6) is -1.76. The van der Waals surface area contributed by atoms with E-state index in [4.69, 9.17) is 10.9 Å². The van der Waals surface area contributed by atoms with E-state index in [-0.39, 0.29) is 17.1 Å². The van der Waals surface area contributed by atoms with Crippen molar-refractivity contribution >= 4 is 17.4 Å². The lowest BCUT2D eigenvalue weighted by atomic mass is 10.1. The SMILES string of the molecule is N/C(=N/O)c1cccc(NC(=O)c2cc(F)ccc2O)c1. The summed E-state index contributed by atoms with van der Waals surface area (Å²) in [6, 6.07) is 9.30. The first-order valence-electron chi connectivity index (χ1n) is 5.89. The van der Waals surface area contributed by atoms with E-state index >= 15 is 0 Å². The smallest absolute Gasteiger partial charge is 0.259 e. The highest BCUT2D eigenvalue weighted by atomic mass is 19.1. The lowest BCUT2D eigenvalue weighted by Crippen LogP contribution is -2.15. The summed E-state index contributed by atoms with van der Waals surface area (Å²) >= 11 is 0. The van der Waals surface area contributed by atoms with Crippen LogP contribution in [0, 0.1) is 5.82 Å². The predicted octanol–water partition coefficient (Wildman–Crippen LogP) is 1.88. The number of carbonyl (C=O) groups is 1. The number of nitrogens with two attached hydrogens (primary N) is 1. The highest BCUT2D eigenvalue weighted by Crippen LogP contribution is 2.20. The van der Waals surface area contributed by atoms with Crippen LogP contribution in [0.5, 0.6) is 5.75 Å². The van der Waals surface area contributed by atoms with Crippen LogP contribution in [0.1, 0.15) is 15.9 Å². The van der Waals surface area contributed by atoms with Crippen molar-refractivity contribution < 1.29 is 19.5 Å². The minimum Gasteiger partial charge on any atom is -0.507 e. The third-order valence-corrected chi connectivity index (χ3v) is 2.73. The van der Waals surface area contributed by atoms with Crippen LogP contribution in [-0.4, -0.2) is 22.1 Å². The Kier molecular flexibility index (Phi) is 4.03. The van der Waals surface area contributed by atoms with E-state index in [1.807, 2.05) is 0 Å². The normalized spacial score (nSPS) is 11.2. The van der Waals surface area contributed by atoms with Gasteiger partial charge in [0.15, 0.2) is 5.84 Å². The zero-order chi connectivity index (χ0) is 15.4. The van der Waals surface area contributed by atoms with Crippen LogP contribution in [-0.2, 0) is 0 Å². The van der Waals surface area contributed by atoms with Crippen molar-refractivity contribution in [3.8, 4) is 5.75 Å². The highest BCUT2D eigenvalue weighted by molar-refractivity contribution is 6.07. The van der Waals surface area contributed by atoms with E-state index in [0.717, 1.165) is 18.2 Å². The Morgan fingerprint density at radius 3 is 2.71 bits per heavy atom. The Morgan fingerprint density at radius 1 is 1.24 bits per heavy atom. The minimum atomic E-state index is -0.677. The predicted molar refractivity (Wildman–Crippen MR) is 75.0 cm³/mol. The number of halogens is 1. The molecule has 1 amide bonds. The van der Waals surface area contributed by atoms with Crippen molar-refractivity contribution in [2.75, 3.05) is 5.32 Å². The summed E-state index contributed by atoms with van der Waals surface area (Å²) in [5, 5.41) is 23.5. The number of amides is 1. The number of nitrogens with zero attached hydrogens (tertiary/aromatic N) is 1. The van der Waals surface area contributed by atoms with Gasteiger partial charge < -0.3 is 21.4 Å². The maximum Gasteiger partial charge on any atom is 0.259 e. The quantitative estimate of drug-likeness (QED) is 0.299. The van der Waals surface area contributed by atoms with Crippen molar-refractivity contribution in [1.29, 1.82) is 0 Å². The van der Waals surface area contributed by atoms with Gasteiger partial charge in [-0.15, -0.1) is 0 Å². The Balaban J connectivity index is 2.26. The van der Waals surface area contributed by atoms with E-state index in [0.29, 0.717) is 11.3 Å². The van der Waals surface area contributed by atoms with Gasteiger partial charge in [-0.05, 0) is 30.3 Å². The van der Waals surface area contributed by atoms with Crippen LogP contribution >= 0.6 is 0 Å². The molecule has 2 aromatic rings. The Labute approximate surface area is 119 Å². The van der Waals surface area contributed by atoms with Crippen LogP contribution in [0.4, 0.5) is 10.1 Å². The summed E-state index contributed by atoms with van der Waals surface area (Å²) in [6.45, 7) is 0. The first-order valence-corrected chi connectivity index (χ1v) is 5.89. The minimum absolute atomic E-state index is 0.111. The number of nitrogens with one attached hydrogen (secondary N) is 1. The topological polar surface area (TPSA) is 108 Å². The Hall–Kier alpha value is -3.09. The number of oxime groups is 1. The first kappa shape index (κ1) is 14.3. The van der Waals surface area contributed by atoms with Crippen LogP contribution in [0.3, 0.4) is 0 Å². The van der Waals surface area contributed by atoms with Gasteiger partial charge in [-0.2, -0.15) is 0 Å². The summed E-state index contributed by atoms with van der Waals surface area (Å²) in [4.78, 5) is 12.0. The third kappa shape index (κ3) is 3.27. The molecule has 7 heteroatoms. The van der Waals surface area contributed by atoms with Gasteiger partial charge in [-0.3, -0.25) is 4.79 Å². The van der Waals surface area contributed by atoms with Crippen molar-refractivity contribution in [2.24, 2.45) is 10.9 Å². The maximum atomic E-state index is 13.1. The standard InChI is InChI=1S/C14H12FN3O3/c15-9-4-5-12(19)11(7-9)14(20)17-10-3-1-2-8(6-10)13(16)18-21/h1-7,19,21H,(H2,16,18)(H,17,20). The van der Waals surface area contributed by atoms with Gasteiger partial charge >= 0.3 is 0 Å². The number of amidine groups is 1. The molecule has 108 valence electrons. The molecule has 0 saturated carbocycles. The van der Waals surface area contributed by atoms with E-state index in [2.05, 4.69) is 10.5 Å². The highest BCUT2D eigenvalue weighted by Gasteiger charge is 2.13. The number of carbonyl (C=O) groups excluding carboxylic acids is 1. The molecular weight excluding hydrogens is 277 g/mol. The maximum absolute atomic E-state index is 13.1. The second-order valence-corrected chi connectivity index (χ2v) is 4.18. The number of aromatic hydroxyl groups is 1. The molecule has 0 radical (unpaired) electrons. The molecule has 0 spiro atoms. The van der Waals surface area contributed by atoms with Crippen molar-refractivity contribution in [3.05, 3.63) is 59.4 Å². The van der Waals surface area contributed by atoms with E-state index in [1.165, 1.54) is 6.07 Å². The van der Waals surface area contributed by atoms with E-state index in [1.54, 1.807) is 18.2 Å². The number of hydrogen-bond acceptors (Lipinski definition) is 4. The molecule has 2 aromatic carbocycles. The number of rotatable bonds is 3. The molecule has 0 aliphatic rings. The zero-order valence-electron chi connectivity index (χ0n) is 10.7. The van der Waals surface area contributed by atoms with Crippen LogP contribution < -0.4 is 11.1 Å². The van der Waals surface area contributed by atoms with Crippen molar-refractivity contribution in [1.82, 2.24) is 0 Å². The third-order valence-electron chi connectivity index (χ3n) is 2.73. The summed E-state index contributed by atoms with van der Waals surface area (Å²) < 4.78 is 13.1. The second-order valence-electron chi connectivity index (χ2n) is 4.18. The average molecular weight is 289 g/mol. The first-order chi connectivity index (χ1) is 10.0. The molecule has 2 rings (SSSR count). The fraction of sp³-hybridized carbons (Fsp3) is 0.